The molecule has 0 radical (unpaired) electrons. The highest BCUT2D eigenvalue weighted by molar-refractivity contribution is 7.90. The van der Waals surface area contributed by atoms with E-state index in [1.807, 2.05) is 37.3 Å². The zero-order valence-corrected chi connectivity index (χ0v) is 15.6. The zero-order valence-electron chi connectivity index (χ0n) is 14.8. The van der Waals surface area contributed by atoms with Gasteiger partial charge in [-0.15, -0.1) is 0 Å². The first-order chi connectivity index (χ1) is 13.1. The Labute approximate surface area is 158 Å². The van der Waals surface area contributed by atoms with Gasteiger partial charge in [-0.25, -0.2) is 12.4 Å². The largest absolute Gasteiger partial charge is 0.267 e. The number of nitrogens with zero attached hydrogens (tertiary/aromatic N) is 2. The van der Waals surface area contributed by atoms with E-state index < -0.39 is 10.0 Å². The molecule has 0 fully saturated rings. The maximum atomic E-state index is 12.8. The van der Waals surface area contributed by atoms with E-state index in [2.05, 4.69) is 11.1 Å². The van der Waals surface area contributed by atoms with E-state index in [9.17, 15) is 8.42 Å². The normalized spacial score (nSPS) is 11.4. The minimum atomic E-state index is -3.61. The van der Waals surface area contributed by atoms with E-state index in [1.54, 1.807) is 55.0 Å². The zero-order chi connectivity index (χ0) is 18.9. The van der Waals surface area contributed by atoms with E-state index >= 15 is 0 Å². The van der Waals surface area contributed by atoms with Gasteiger partial charge < -0.3 is 0 Å². The maximum absolute atomic E-state index is 12.8. The Morgan fingerprint density at radius 3 is 2.44 bits per heavy atom. The summed E-state index contributed by atoms with van der Waals surface area (Å²) >= 11 is 0. The fourth-order valence-electron chi connectivity index (χ4n) is 3.06. The minimum Gasteiger partial charge on any atom is -0.256 e. The first kappa shape index (κ1) is 17.2. The van der Waals surface area contributed by atoms with E-state index in [0.717, 1.165) is 27.9 Å². The number of benzene rings is 2. The Morgan fingerprint density at radius 1 is 0.852 bits per heavy atom. The minimum absolute atomic E-state index is 0.261. The van der Waals surface area contributed by atoms with Crippen LogP contribution in [-0.2, 0) is 10.0 Å². The lowest BCUT2D eigenvalue weighted by Crippen LogP contribution is -2.10. The molecule has 27 heavy (non-hydrogen) atoms. The van der Waals surface area contributed by atoms with Gasteiger partial charge >= 0.3 is 0 Å². The van der Waals surface area contributed by atoms with Crippen molar-refractivity contribution in [2.75, 3.05) is 0 Å². The fraction of sp³-hybridized carbons (Fsp3) is 0.0455. The molecule has 4 nitrogen and oxygen atoms in total. The molecule has 2 heterocycles. The van der Waals surface area contributed by atoms with E-state index in [1.165, 1.54) is 3.97 Å². The highest BCUT2D eigenvalue weighted by Crippen LogP contribution is 2.31. The SMILES string of the molecule is Cc1cccc(-c2ncccc2-c2ccn(S(=O)(=O)c3ccccc3)c2)c1. The number of hydrogen-bond acceptors (Lipinski definition) is 3. The first-order valence-electron chi connectivity index (χ1n) is 8.57. The van der Waals surface area contributed by atoms with Crippen molar-refractivity contribution < 1.29 is 8.42 Å². The Hall–Kier alpha value is -3.18. The molecular formula is C22H18N2O2S. The molecule has 0 bridgehead atoms. The average Bonchev–Trinajstić information content (AvgIpc) is 3.20. The Balaban J connectivity index is 1.79. The van der Waals surface area contributed by atoms with Gasteiger partial charge in [-0.2, -0.15) is 0 Å². The summed E-state index contributed by atoms with van der Waals surface area (Å²) in [6.07, 6.45) is 4.96. The Bertz CT molecular complexity index is 1200. The van der Waals surface area contributed by atoms with E-state index in [4.69, 9.17) is 0 Å². The number of hydrogen-bond donors (Lipinski definition) is 0. The molecule has 0 unspecified atom stereocenters. The van der Waals surface area contributed by atoms with Crippen LogP contribution in [0.1, 0.15) is 5.56 Å². The highest BCUT2D eigenvalue weighted by Gasteiger charge is 2.18. The predicted octanol–water partition coefficient (Wildman–Crippen LogP) is 4.76. The lowest BCUT2D eigenvalue weighted by Gasteiger charge is -2.08. The third kappa shape index (κ3) is 3.29. The molecule has 0 saturated carbocycles. The van der Waals surface area contributed by atoms with Crippen LogP contribution in [0.25, 0.3) is 22.4 Å². The van der Waals surface area contributed by atoms with Gasteiger partial charge in [0.15, 0.2) is 0 Å². The van der Waals surface area contributed by atoms with E-state index in [-0.39, 0.29) is 4.90 Å². The molecule has 2 aromatic heterocycles. The van der Waals surface area contributed by atoms with Gasteiger partial charge in [0.05, 0.1) is 10.6 Å². The lowest BCUT2D eigenvalue weighted by molar-refractivity contribution is 0.587. The summed E-state index contributed by atoms with van der Waals surface area (Å²) < 4.78 is 26.9. The summed E-state index contributed by atoms with van der Waals surface area (Å²) in [7, 11) is -3.61. The van der Waals surface area contributed by atoms with Gasteiger partial charge in [0.1, 0.15) is 0 Å². The van der Waals surface area contributed by atoms with Gasteiger partial charge in [0.25, 0.3) is 10.0 Å². The highest BCUT2D eigenvalue weighted by atomic mass is 32.2. The quantitative estimate of drug-likeness (QED) is 0.517. The summed E-state index contributed by atoms with van der Waals surface area (Å²) in [5.41, 5.74) is 4.68. The van der Waals surface area contributed by atoms with Crippen molar-refractivity contribution in [2.45, 2.75) is 11.8 Å². The molecule has 0 saturated heterocycles. The monoisotopic (exact) mass is 374 g/mol. The van der Waals surface area contributed by atoms with Crippen LogP contribution in [0.2, 0.25) is 0 Å². The molecular weight excluding hydrogens is 356 g/mol. The topological polar surface area (TPSA) is 52.0 Å². The third-order valence-electron chi connectivity index (χ3n) is 4.40. The van der Waals surface area contributed by atoms with E-state index in [0.29, 0.717) is 0 Å². The number of rotatable bonds is 4. The molecule has 0 amide bonds. The van der Waals surface area contributed by atoms with Crippen LogP contribution >= 0.6 is 0 Å². The Morgan fingerprint density at radius 2 is 1.67 bits per heavy atom. The number of aryl methyl sites for hydroxylation is 1. The van der Waals surface area contributed by atoms with Crippen molar-refractivity contribution >= 4 is 10.0 Å². The van der Waals surface area contributed by atoms with Crippen LogP contribution in [0.5, 0.6) is 0 Å². The van der Waals surface area contributed by atoms with Crippen LogP contribution in [0, 0.1) is 6.92 Å². The third-order valence-corrected chi connectivity index (χ3v) is 6.05. The molecule has 0 aliphatic rings. The molecule has 0 aliphatic carbocycles. The van der Waals surface area contributed by atoms with Crippen molar-refractivity contribution in [1.82, 2.24) is 8.96 Å². The second kappa shape index (κ2) is 6.85. The summed E-state index contributed by atoms with van der Waals surface area (Å²) in [6, 6.07) is 22.2. The predicted molar refractivity (Wildman–Crippen MR) is 107 cm³/mol. The summed E-state index contributed by atoms with van der Waals surface area (Å²) in [4.78, 5) is 4.80. The average molecular weight is 374 g/mol. The summed E-state index contributed by atoms with van der Waals surface area (Å²) in [6.45, 7) is 2.04. The van der Waals surface area contributed by atoms with Gasteiger partial charge in [-0.1, -0.05) is 48.0 Å². The molecule has 134 valence electrons. The molecule has 0 N–H and O–H groups in total. The van der Waals surface area contributed by atoms with Crippen molar-refractivity contribution in [1.29, 1.82) is 0 Å². The van der Waals surface area contributed by atoms with Crippen LogP contribution in [-0.4, -0.2) is 17.4 Å². The second-order valence-corrected chi connectivity index (χ2v) is 8.16. The summed E-state index contributed by atoms with van der Waals surface area (Å²) in [5, 5.41) is 0. The molecule has 0 atom stereocenters. The standard InChI is InChI=1S/C22H18N2O2S/c1-17-7-5-8-18(15-17)22-21(11-6-13-23-22)19-12-14-24(16-19)27(25,26)20-9-3-2-4-10-20/h2-16H,1H3. The fourth-order valence-corrected chi connectivity index (χ4v) is 4.28. The maximum Gasteiger partial charge on any atom is 0.267 e. The molecule has 2 aromatic carbocycles. The van der Waals surface area contributed by atoms with Gasteiger partial charge in [0, 0.05) is 35.3 Å². The van der Waals surface area contributed by atoms with Crippen LogP contribution in [0.15, 0.2) is 96.3 Å². The molecule has 5 heteroatoms. The Kier molecular flexibility index (Phi) is 4.38. The summed E-state index contributed by atoms with van der Waals surface area (Å²) in [5.74, 6) is 0. The van der Waals surface area contributed by atoms with Crippen molar-refractivity contribution in [3.8, 4) is 22.4 Å². The number of aromatic nitrogens is 2. The molecule has 4 rings (SSSR count). The van der Waals surface area contributed by atoms with Gasteiger partial charge in [-0.05, 0) is 37.3 Å². The van der Waals surface area contributed by atoms with Gasteiger partial charge in [-0.3, -0.25) is 4.98 Å². The van der Waals surface area contributed by atoms with Crippen LogP contribution in [0.3, 0.4) is 0 Å². The first-order valence-corrected chi connectivity index (χ1v) is 10.0. The molecule has 4 aromatic rings. The van der Waals surface area contributed by atoms with Crippen LogP contribution in [0.4, 0.5) is 0 Å². The molecule has 0 aliphatic heterocycles. The van der Waals surface area contributed by atoms with Crippen molar-refractivity contribution in [3.63, 3.8) is 0 Å². The van der Waals surface area contributed by atoms with Crippen molar-refractivity contribution in [3.05, 3.63) is 97.0 Å². The van der Waals surface area contributed by atoms with Gasteiger partial charge in [0.2, 0.25) is 0 Å². The second-order valence-electron chi connectivity index (χ2n) is 6.32. The number of pyridine rings is 1. The van der Waals surface area contributed by atoms with Crippen molar-refractivity contribution in [2.24, 2.45) is 0 Å². The smallest absolute Gasteiger partial charge is 0.256 e. The van der Waals surface area contributed by atoms with Crippen LogP contribution < -0.4 is 0 Å². The molecule has 0 spiro atoms. The lowest BCUT2D eigenvalue weighted by atomic mass is 10.0.